The van der Waals surface area contributed by atoms with Crippen molar-refractivity contribution < 1.29 is 9.53 Å². The van der Waals surface area contributed by atoms with Crippen molar-refractivity contribution in [2.24, 2.45) is 0 Å². The zero-order valence-corrected chi connectivity index (χ0v) is 12.8. The van der Waals surface area contributed by atoms with Gasteiger partial charge in [-0.1, -0.05) is 12.1 Å². The molecule has 0 bridgehead atoms. The van der Waals surface area contributed by atoms with Gasteiger partial charge in [-0.2, -0.15) is 0 Å². The third-order valence-corrected chi connectivity index (χ3v) is 3.23. The second kappa shape index (κ2) is 5.87. The SMILES string of the molecule is Cc1ccc(C)c(Oc2ccc(C(=O)N(C)C)cc2N)c1. The van der Waals surface area contributed by atoms with Crippen LogP contribution < -0.4 is 10.5 Å². The van der Waals surface area contributed by atoms with Crippen LogP contribution in [0.25, 0.3) is 0 Å². The van der Waals surface area contributed by atoms with E-state index in [1.54, 1.807) is 32.3 Å². The van der Waals surface area contributed by atoms with Crippen LogP contribution in [-0.4, -0.2) is 24.9 Å². The molecule has 110 valence electrons. The van der Waals surface area contributed by atoms with Crippen molar-refractivity contribution in [2.75, 3.05) is 19.8 Å². The zero-order valence-electron chi connectivity index (χ0n) is 12.8. The van der Waals surface area contributed by atoms with Gasteiger partial charge in [0.15, 0.2) is 0 Å². The first kappa shape index (κ1) is 14.9. The zero-order chi connectivity index (χ0) is 15.6. The number of carbonyl (C=O) groups excluding carboxylic acids is 1. The Bertz CT molecular complexity index is 678. The highest BCUT2D eigenvalue weighted by molar-refractivity contribution is 5.95. The van der Waals surface area contributed by atoms with E-state index < -0.39 is 0 Å². The summed E-state index contributed by atoms with van der Waals surface area (Å²) in [4.78, 5) is 13.4. The summed E-state index contributed by atoms with van der Waals surface area (Å²) in [5.74, 6) is 1.24. The van der Waals surface area contributed by atoms with Gasteiger partial charge in [-0.25, -0.2) is 0 Å². The number of benzene rings is 2. The molecule has 0 saturated heterocycles. The predicted octanol–water partition coefficient (Wildman–Crippen LogP) is 3.38. The highest BCUT2D eigenvalue weighted by Crippen LogP contribution is 2.31. The topological polar surface area (TPSA) is 55.6 Å². The minimum atomic E-state index is -0.0833. The molecular weight excluding hydrogens is 264 g/mol. The summed E-state index contributed by atoms with van der Waals surface area (Å²) in [5, 5.41) is 0. The molecule has 0 heterocycles. The molecule has 1 amide bonds. The Morgan fingerprint density at radius 1 is 1.05 bits per heavy atom. The van der Waals surface area contributed by atoms with Crippen molar-refractivity contribution in [3.05, 3.63) is 53.1 Å². The molecule has 2 aromatic carbocycles. The molecule has 0 aromatic heterocycles. The van der Waals surface area contributed by atoms with Crippen LogP contribution in [0.2, 0.25) is 0 Å². The highest BCUT2D eigenvalue weighted by Gasteiger charge is 2.11. The molecule has 0 aliphatic carbocycles. The largest absolute Gasteiger partial charge is 0.455 e. The smallest absolute Gasteiger partial charge is 0.253 e. The fourth-order valence-corrected chi connectivity index (χ4v) is 1.97. The number of aryl methyl sites for hydroxylation is 2. The lowest BCUT2D eigenvalue weighted by molar-refractivity contribution is 0.0827. The van der Waals surface area contributed by atoms with Crippen LogP contribution in [0.1, 0.15) is 21.5 Å². The Hall–Kier alpha value is -2.49. The van der Waals surface area contributed by atoms with E-state index in [2.05, 4.69) is 0 Å². The van der Waals surface area contributed by atoms with Crippen LogP contribution in [0.15, 0.2) is 36.4 Å². The van der Waals surface area contributed by atoms with E-state index in [1.165, 1.54) is 4.90 Å². The van der Waals surface area contributed by atoms with Crippen LogP contribution >= 0.6 is 0 Å². The second-order valence-electron chi connectivity index (χ2n) is 5.32. The molecule has 2 aromatic rings. The molecule has 0 aliphatic rings. The van der Waals surface area contributed by atoms with E-state index in [1.807, 2.05) is 32.0 Å². The molecule has 4 nitrogen and oxygen atoms in total. The lowest BCUT2D eigenvalue weighted by Gasteiger charge is -2.14. The lowest BCUT2D eigenvalue weighted by Crippen LogP contribution is -2.21. The van der Waals surface area contributed by atoms with Crippen molar-refractivity contribution in [3.63, 3.8) is 0 Å². The number of hydrogen-bond acceptors (Lipinski definition) is 3. The van der Waals surface area contributed by atoms with Crippen LogP contribution in [0, 0.1) is 13.8 Å². The number of nitrogens with zero attached hydrogens (tertiary/aromatic N) is 1. The Morgan fingerprint density at radius 2 is 1.76 bits per heavy atom. The van der Waals surface area contributed by atoms with Gasteiger partial charge in [-0.3, -0.25) is 4.79 Å². The van der Waals surface area contributed by atoms with E-state index in [9.17, 15) is 4.79 Å². The van der Waals surface area contributed by atoms with Gasteiger partial charge in [0.2, 0.25) is 0 Å². The third kappa shape index (κ3) is 3.34. The third-order valence-electron chi connectivity index (χ3n) is 3.23. The number of amides is 1. The van der Waals surface area contributed by atoms with Gasteiger partial charge in [0.1, 0.15) is 11.5 Å². The van der Waals surface area contributed by atoms with Crippen molar-refractivity contribution in [2.45, 2.75) is 13.8 Å². The van der Waals surface area contributed by atoms with Gasteiger partial charge in [0.05, 0.1) is 5.69 Å². The van der Waals surface area contributed by atoms with Gasteiger partial charge in [-0.05, 0) is 49.2 Å². The summed E-state index contributed by atoms with van der Waals surface area (Å²) in [5.41, 5.74) is 9.15. The molecule has 0 radical (unpaired) electrons. The summed E-state index contributed by atoms with van der Waals surface area (Å²) >= 11 is 0. The second-order valence-corrected chi connectivity index (χ2v) is 5.32. The van der Waals surface area contributed by atoms with Gasteiger partial charge in [0.25, 0.3) is 5.91 Å². The molecule has 0 spiro atoms. The maximum atomic E-state index is 11.9. The van der Waals surface area contributed by atoms with Crippen molar-refractivity contribution in [3.8, 4) is 11.5 Å². The average molecular weight is 284 g/mol. The van der Waals surface area contributed by atoms with Crippen LogP contribution in [0.5, 0.6) is 11.5 Å². The van der Waals surface area contributed by atoms with Crippen LogP contribution in [0.3, 0.4) is 0 Å². The first-order valence-corrected chi connectivity index (χ1v) is 6.75. The minimum Gasteiger partial charge on any atom is -0.455 e. The Morgan fingerprint density at radius 3 is 2.38 bits per heavy atom. The van der Waals surface area contributed by atoms with Gasteiger partial charge >= 0.3 is 0 Å². The number of carbonyl (C=O) groups is 1. The first-order chi connectivity index (χ1) is 9.88. The monoisotopic (exact) mass is 284 g/mol. The number of ether oxygens (including phenoxy) is 1. The number of nitrogens with two attached hydrogens (primary N) is 1. The Labute approximate surface area is 125 Å². The Kier molecular flexibility index (Phi) is 4.17. The number of nitrogen functional groups attached to an aromatic ring is 1. The van der Waals surface area contributed by atoms with E-state index in [-0.39, 0.29) is 5.91 Å². The standard InChI is InChI=1S/C17H20N2O2/c1-11-5-6-12(2)16(9-11)21-15-8-7-13(10-14(15)18)17(20)19(3)4/h5-10H,18H2,1-4H3. The van der Waals surface area contributed by atoms with E-state index in [0.717, 1.165) is 16.9 Å². The van der Waals surface area contributed by atoms with E-state index in [4.69, 9.17) is 10.5 Å². The summed E-state index contributed by atoms with van der Waals surface area (Å²) in [6, 6.07) is 11.1. The van der Waals surface area contributed by atoms with Crippen molar-refractivity contribution in [1.29, 1.82) is 0 Å². The summed E-state index contributed by atoms with van der Waals surface area (Å²) in [6.07, 6.45) is 0. The van der Waals surface area contributed by atoms with Crippen molar-refractivity contribution >= 4 is 11.6 Å². The molecule has 0 atom stereocenters. The van der Waals surface area contributed by atoms with Crippen molar-refractivity contribution in [1.82, 2.24) is 4.90 Å². The molecule has 0 aliphatic heterocycles. The number of anilines is 1. The first-order valence-electron chi connectivity index (χ1n) is 6.75. The molecule has 2 N–H and O–H groups in total. The fourth-order valence-electron chi connectivity index (χ4n) is 1.97. The minimum absolute atomic E-state index is 0.0833. The van der Waals surface area contributed by atoms with Crippen LogP contribution in [-0.2, 0) is 0 Å². The predicted molar refractivity (Wildman–Crippen MR) is 84.9 cm³/mol. The number of rotatable bonds is 3. The molecule has 21 heavy (non-hydrogen) atoms. The molecule has 2 rings (SSSR count). The summed E-state index contributed by atoms with van der Waals surface area (Å²) < 4.78 is 5.87. The maximum Gasteiger partial charge on any atom is 0.253 e. The summed E-state index contributed by atoms with van der Waals surface area (Å²) in [6.45, 7) is 3.99. The quantitative estimate of drug-likeness (QED) is 0.879. The summed E-state index contributed by atoms with van der Waals surface area (Å²) in [7, 11) is 3.41. The highest BCUT2D eigenvalue weighted by atomic mass is 16.5. The molecule has 0 saturated carbocycles. The maximum absolute atomic E-state index is 11.9. The van der Waals surface area contributed by atoms with Gasteiger partial charge in [0, 0.05) is 19.7 Å². The van der Waals surface area contributed by atoms with E-state index >= 15 is 0 Å². The average Bonchev–Trinajstić information content (AvgIpc) is 2.44. The number of hydrogen-bond donors (Lipinski definition) is 1. The molecule has 0 fully saturated rings. The van der Waals surface area contributed by atoms with Gasteiger partial charge in [-0.15, -0.1) is 0 Å². The molecule has 0 unspecified atom stereocenters. The molecule has 4 heteroatoms. The van der Waals surface area contributed by atoms with Crippen LogP contribution in [0.4, 0.5) is 5.69 Å². The Balaban J connectivity index is 2.30. The molecular formula is C17H20N2O2. The van der Waals surface area contributed by atoms with E-state index in [0.29, 0.717) is 17.0 Å². The lowest BCUT2D eigenvalue weighted by atomic mass is 10.1. The van der Waals surface area contributed by atoms with Gasteiger partial charge < -0.3 is 15.4 Å². The fraction of sp³-hybridized carbons (Fsp3) is 0.235. The normalized spacial score (nSPS) is 10.3.